The minimum absolute atomic E-state index is 0.0596. The van der Waals surface area contributed by atoms with Crippen molar-refractivity contribution in [3.05, 3.63) is 65.2 Å². The number of benzene rings is 2. The molecule has 7 nitrogen and oxygen atoms in total. The molecule has 0 spiro atoms. The smallest absolute Gasteiger partial charge is 0.383 e. The fraction of sp³-hybridized carbons (Fsp3) is 0.0556. The SMILES string of the molecule is NC(=O)c1c(Nc2ccc(N=Cc3ccc(C(F)(F)F)cc3)cc2)n[nH]c1N. The van der Waals surface area contributed by atoms with Crippen molar-refractivity contribution in [2.45, 2.75) is 6.18 Å². The van der Waals surface area contributed by atoms with Crippen molar-refractivity contribution in [3.8, 4) is 0 Å². The van der Waals surface area contributed by atoms with E-state index < -0.39 is 17.6 Å². The van der Waals surface area contributed by atoms with Crippen LogP contribution < -0.4 is 16.8 Å². The largest absolute Gasteiger partial charge is 0.416 e. The molecule has 0 aliphatic heterocycles. The van der Waals surface area contributed by atoms with E-state index >= 15 is 0 Å². The van der Waals surface area contributed by atoms with Crippen molar-refractivity contribution < 1.29 is 18.0 Å². The van der Waals surface area contributed by atoms with Gasteiger partial charge in [0.25, 0.3) is 5.91 Å². The Morgan fingerprint density at radius 2 is 1.75 bits per heavy atom. The number of halogens is 3. The molecule has 144 valence electrons. The first kappa shape index (κ1) is 19.0. The number of carbonyl (C=O) groups excluding carboxylic acids is 1. The van der Waals surface area contributed by atoms with E-state index in [1.807, 2.05) is 0 Å². The third kappa shape index (κ3) is 4.29. The molecule has 0 radical (unpaired) electrons. The minimum Gasteiger partial charge on any atom is -0.383 e. The average molecular weight is 388 g/mol. The summed E-state index contributed by atoms with van der Waals surface area (Å²) in [6.07, 6.45) is -2.91. The van der Waals surface area contributed by atoms with Crippen LogP contribution in [0.1, 0.15) is 21.5 Å². The molecule has 2 aromatic carbocycles. The van der Waals surface area contributed by atoms with Crippen LogP contribution in [0, 0.1) is 0 Å². The highest BCUT2D eigenvalue weighted by Gasteiger charge is 2.29. The number of nitrogens with zero attached hydrogens (tertiary/aromatic N) is 2. The number of nitrogens with two attached hydrogens (primary N) is 2. The topological polar surface area (TPSA) is 122 Å². The summed E-state index contributed by atoms with van der Waals surface area (Å²) in [5.41, 5.74) is 12.0. The molecule has 0 fully saturated rings. The van der Waals surface area contributed by atoms with Crippen LogP contribution >= 0.6 is 0 Å². The van der Waals surface area contributed by atoms with Gasteiger partial charge in [-0.1, -0.05) is 12.1 Å². The minimum atomic E-state index is -4.37. The lowest BCUT2D eigenvalue weighted by Crippen LogP contribution is -2.14. The number of H-pyrrole nitrogens is 1. The highest BCUT2D eigenvalue weighted by Crippen LogP contribution is 2.29. The van der Waals surface area contributed by atoms with Crippen molar-refractivity contribution in [1.82, 2.24) is 10.2 Å². The lowest BCUT2D eigenvalue weighted by molar-refractivity contribution is -0.137. The summed E-state index contributed by atoms with van der Waals surface area (Å²) in [7, 11) is 0. The third-order valence-corrected chi connectivity index (χ3v) is 3.77. The van der Waals surface area contributed by atoms with E-state index in [4.69, 9.17) is 11.5 Å². The predicted octanol–water partition coefficient (Wildman–Crippen LogP) is 3.60. The van der Waals surface area contributed by atoms with E-state index in [0.29, 0.717) is 16.9 Å². The first-order valence-electron chi connectivity index (χ1n) is 7.96. The van der Waals surface area contributed by atoms with Crippen LogP contribution in [-0.4, -0.2) is 22.3 Å². The van der Waals surface area contributed by atoms with Crippen molar-refractivity contribution in [2.24, 2.45) is 10.7 Å². The Labute approximate surface area is 157 Å². The zero-order chi connectivity index (χ0) is 20.3. The zero-order valence-corrected chi connectivity index (χ0v) is 14.3. The second-order valence-electron chi connectivity index (χ2n) is 5.77. The molecule has 0 aliphatic carbocycles. The lowest BCUT2D eigenvalue weighted by Gasteiger charge is -2.06. The molecule has 28 heavy (non-hydrogen) atoms. The Morgan fingerprint density at radius 1 is 1.11 bits per heavy atom. The molecular formula is C18H15F3N6O. The summed E-state index contributed by atoms with van der Waals surface area (Å²) in [5.74, 6) is -0.453. The molecule has 0 bridgehead atoms. The number of hydrogen-bond donors (Lipinski definition) is 4. The molecule has 6 N–H and O–H groups in total. The molecule has 0 unspecified atom stereocenters. The van der Waals surface area contributed by atoms with Gasteiger partial charge in [-0.05, 0) is 42.0 Å². The first-order chi connectivity index (χ1) is 13.2. The van der Waals surface area contributed by atoms with Gasteiger partial charge in [-0.2, -0.15) is 18.3 Å². The Balaban J connectivity index is 1.69. The number of hydrogen-bond acceptors (Lipinski definition) is 5. The van der Waals surface area contributed by atoms with Crippen LogP contribution in [0.2, 0.25) is 0 Å². The number of nitrogens with one attached hydrogen (secondary N) is 2. The summed E-state index contributed by atoms with van der Waals surface area (Å²) in [5, 5.41) is 9.27. The van der Waals surface area contributed by atoms with Gasteiger partial charge in [-0.3, -0.25) is 14.9 Å². The van der Waals surface area contributed by atoms with E-state index in [0.717, 1.165) is 12.1 Å². The fourth-order valence-corrected chi connectivity index (χ4v) is 2.37. The summed E-state index contributed by atoms with van der Waals surface area (Å²) in [6, 6.07) is 11.4. The van der Waals surface area contributed by atoms with E-state index in [1.165, 1.54) is 18.3 Å². The van der Waals surface area contributed by atoms with Gasteiger partial charge in [0, 0.05) is 11.9 Å². The molecule has 0 atom stereocenters. The summed E-state index contributed by atoms with van der Waals surface area (Å²) in [6.45, 7) is 0. The van der Waals surface area contributed by atoms with Crippen molar-refractivity contribution in [3.63, 3.8) is 0 Å². The third-order valence-electron chi connectivity index (χ3n) is 3.77. The second-order valence-corrected chi connectivity index (χ2v) is 5.77. The van der Waals surface area contributed by atoms with Crippen LogP contribution in [0.3, 0.4) is 0 Å². The van der Waals surface area contributed by atoms with Gasteiger partial charge in [-0.25, -0.2) is 0 Å². The molecule has 0 saturated heterocycles. The van der Waals surface area contributed by atoms with Crippen LogP contribution in [0.25, 0.3) is 0 Å². The molecule has 1 heterocycles. The van der Waals surface area contributed by atoms with Gasteiger partial charge >= 0.3 is 6.18 Å². The average Bonchev–Trinajstić information content (AvgIpc) is 3.01. The summed E-state index contributed by atoms with van der Waals surface area (Å²) < 4.78 is 37.7. The number of aromatic amines is 1. The highest BCUT2D eigenvalue weighted by molar-refractivity contribution is 6.02. The molecule has 0 aliphatic rings. The number of anilines is 3. The van der Waals surface area contributed by atoms with Crippen LogP contribution in [0.15, 0.2) is 53.5 Å². The highest BCUT2D eigenvalue weighted by atomic mass is 19.4. The lowest BCUT2D eigenvalue weighted by atomic mass is 10.1. The van der Waals surface area contributed by atoms with Crippen LogP contribution in [0.4, 0.5) is 36.2 Å². The Morgan fingerprint density at radius 3 is 2.32 bits per heavy atom. The number of primary amides is 1. The standard InChI is InChI=1S/C18H15F3N6O/c19-18(20,21)11-3-1-10(2-4-11)9-24-12-5-7-13(8-6-12)25-17-14(16(23)28)15(22)26-27-17/h1-9H,(H2,23,28)(H4,22,25,26,27). The Hall–Kier alpha value is -3.82. The number of aromatic nitrogens is 2. The quantitative estimate of drug-likeness (QED) is 0.499. The molecule has 1 aromatic heterocycles. The van der Waals surface area contributed by atoms with Gasteiger partial charge in [-0.15, -0.1) is 0 Å². The van der Waals surface area contributed by atoms with Gasteiger partial charge in [0.05, 0.1) is 11.3 Å². The number of rotatable bonds is 5. The second kappa shape index (κ2) is 7.43. The van der Waals surface area contributed by atoms with E-state index in [2.05, 4.69) is 20.5 Å². The number of nitrogen functional groups attached to an aromatic ring is 1. The molecule has 3 aromatic rings. The molecule has 10 heteroatoms. The summed E-state index contributed by atoms with van der Waals surface area (Å²) in [4.78, 5) is 15.6. The maximum absolute atomic E-state index is 12.6. The molecule has 3 rings (SSSR count). The molecular weight excluding hydrogens is 373 g/mol. The van der Waals surface area contributed by atoms with Crippen molar-refractivity contribution in [1.29, 1.82) is 0 Å². The Kier molecular flexibility index (Phi) is 5.03. The number of carbonyl (C=O) groups is 1. The maximum Gasteiger partial charge on any atom is 0.416 e. The van der Waals surface area contributed by atoms with Crippen LogP contribution in [0.5, 0.6) is 0 Å². The molecule has 1 amide bonds. The van der Waals surface area contributed by atoms with Gasteiger partial charge in [0.2, 0.25) is 0 Å². The van der Waals surface area contributed by atoms with Gasteiger partial charge in [0.15, 0.2) is 5.82 Å². The first-order valence-corrected chi connectivity index (χ1v) is 7.96. The number of amides is 1. The number of alkyl halides is 3. The fourth-order valence-electron chi connectivity index (χ4n) is 2.37. The van der Waals surface area contributed by atoms with Gasteiger partial charge in [0.1, 0.15) is 11.4 Å². The zero-order valence-electron chi connectivity index (χ0n) is 14.3. The monoisotopic (exact) mass is 388 g/mol. The van der Waals surface area contributed by atoms with E-state index in [-0.39, 0.29) is 17.2 Å². The maximum atomic E-state index is 12.6. The Bertz CT molecular complexity index is 1010. The molecule has 0 saturated carbocycles. The van der Waals surface area contributed by atoms with Crippen molar-refractivity contribution >= 4 is 35.1 Å². The van der Waals surface area contributed by atoms with E-state index in [1.54, 1.807) is 24.3 Å². The number of aliphatic imine (C=N–C) groups is 1. The van der Waals surface area contributed by atoms with E-state index in [9.17, 15) is 18.0 Å². The normalized spacial score (nSPS) is 11.7. The van der Waals surface area contributed by atoms with Gasteiger partial charge < -0.3 is 16.8 Å². The summed E-state index contributed by atoms with van der Waals surface area (Å²) >= 11 is 0. The van der Waals surface area contributed by atoms with Crippen LogP contribution in [-0.2, 0) is 6.18 Å². The van der Waals surface area contributed by atoms with Crippen molar-refractivity contribution in [2.75, 3.05) is 11.1 Å². The predicted molar refractivity (Wildman–Crippen MR) is 99.9 cm³/mol.